The van der Waals surface area contributed by atoms with E-state index in [1.165, 1.54) is 17.7 Å². The van der Waals surface area contributed by atoms with E-state index in [0.717, 1.165) is 17.7 Å². The summed E-state index contributed by atoms with van der Waals surface area (Å²) in [5.41, 5.74) is 9.65. The molecule has 0 aliphatic rings. The molecule has 0 amide bonds. The van der Waals surface area contributed by atoms with Gasteiger partial charge in [-0.2, -0.15) is 0 Å². The Morgan fingerprint density at radius 2 is 2.00 bits per heavy atom. The average molecular weight is 320 g/mol. The molecule has 1 radical (unpaired) electrons. The third-order valence-corrected chi connectivity index (χ3v) is 3.76. The van der Waals surface area contributed by atoms with E-state index < -0.39 is 0 Å². The summed E-state index contributed by atoms with van der Waals surface area (Å²) in [7, 11) is 0. The molecule has 0 aliphatic heterocycles. The van der Waals surface area contributed by atoms with Crippen molar-refractivity contribution in [2.24, 2.45) is 5.73 Å². The van der Waals surface area contributed by atoms with Crippen molar-refractivity contribution in [3.63, 3.8) is 0 Å². The summed E-state index contributed by atoms with van der Waals surface area (Å²) < 4.78 is 13.6. The Balaban J connectivity index is 1.71. The van der Waals surface area contributed by atoms with E-state index in [0.29, 0.717) is 12.2 Å². The molecule has 0 saturated carbocycles. The van der Waals surface area contributed by atoms with E-state index in [1.807, 2.05) is 18.2 Å². The van der Waals surface area contributed by atoms with Gasteiger partial charge in [0.2, 0.25) is 0 Å². The van der Waals surface area contributed by atoms with E-state index in [-0.39, 0.29) is 11.9 Å². The minimum atomic E-state index is -0.294. The second kappa shape index (κ2) is 7.70. The van der Waals surface area contributed by atoms with Crippen LogP contribution in [0.15, 0.2) is 66.9 Å². The Kier molecular flexibility index (Phi) is 5.18. The summed E-state index contributed by atoms with van der Waals surface area (Å²) in [5, 5.41) is 3.25. The van der Waals surface area contributed by atoms with Crippen LogP contribution in [0.2, 0.25) is 0 Å². The van der Waals surface area contributed by atoms with E-state index in [1.54, 1.807) is 24.4 Å². The molecule has 0 unspecified atom stereocenters. The third-order valence-electron chi connectivity index (χ3n) is 3.76. The number of nitrogens with one attached hydrogen (secondary N) is 1. The Labute approximate surface area is 141 Å². The van der Waals surface area contributed by atoms with Crippen molar-refractivity contribution >= 4 is 5.69 Å². The molecule has 3 aromatic rings. The molecule has 0 fully saturated rings. The van der Waals surface area contributed by atoms with Crippen molar-refractivity contribution in [3.05, 3.63) is 84.3 Å². The molecule has 4 heteroatoms. The summed E-state index contributed by atoms with van der Waals surface area (Å²) in [4.78, 5) is 4.31. The van der Waals surface area contributed by atoms with E-state index in [4.69, 9.17) is 5.73 Å². The number of hydrogen-bond donors (Lipinski definition) is 2. The predicted octanol–water partition coefficient (Wildman–Crippen LogP) is 3.67. The van der Waals surface area contributed by atoms with Crippen molar-refractivity contribution in [3.8, 4) is 11.3 Å². The normalized spacial score (nSPS) is 11.9. The van der Waals surface area contributed by atoms with Gasteiger partial charge in [0, 0.05) is 30.0 Å². The number of benzene rings is 2. The summed E-state index contributed by atoms with van der Waals surface area (Å²) in [6.45, 7) is 0.544. The average Bonchev–Trinajstić information content (AvgIpc) is 2.62. The van der Waals surface area contributed by atoms with Crippen molar-refractivity contribution in [1.82, 2.24) is 4.98 Å². The fourth-order valence-corrected chi connectivity index (χ4v) is 2.59. The highest BCUT2D eigenvalue weighted by atomic mass is 19.1. The molecule has 2 aromatic carbocycles. The van der Waals surface area contributed by atoms with Gasteiger partial charge < -0.3 is 11.1 Å². The monoisotopic (exact) mass is 320 g/mol. The summed E-state index contributed by atoms with van der Waals surface area (Å²) >= 11 is 0. The Bertz CT molecular complexity index is 775. The van der Waals surface area contributed by atoms with Gasteiger partial charge in [-0.3, -0.25) is 4.98 Å². The van der Waals surface area contributed by atoms with Crippen LogP contribution in [0.5, 0.6) is 0 Å². The Morgan fingerprint density at radius 1 is 1.17 bits per heavy atom. The largest absolute Gasteiger partial charge is 0.383 e. The number of pyridine rings is 1. The molecule has 3 rings (SSSR count). The van der Waals surface area contributed by atoms with Crippen LogP contribution in [-0.4, -0.2) is 17.6 Å². The minimum Gasteiger partial charge on any atom is -0.383 e. The number of nitrogens with two attached hydrogens (primary N) is 1. The molecule has 0 saturated heterocycles. The molecule has 3 N–H and O–H groups in total. The number of aromatic nitrogens is 1. The number of halogens is 1. The van der Waals surface area contributed by atoms with Crippen molar-refractivity contribution in [2.45, 2.75) is 12.5 Å². The molecule has 0 bridgehead atoms. The van der Waals surface area contributed by atoms with Crippen molar-refractivity contribution in [1.29, 1.82) is 0 Å². The van der Waals surface area contributed by atoms with Crippen LogP contribution >= 0.6 is 0 Å². The third kappa shape index (κ3) is 4.18. The van der Waals surface area contributed by atoms with E-state index >= 15 is 0 Å². The second-order valence-corrected chi connectivity index (χ2v) is 5.66. The maximum absolute atomic E-state index is 13.6. The zero-order chi connectivity index (χ0) is 16.8. The van der Waals surface area contributed by atoms with Gasteiger partial charge in [-0.1, -0.05) is 30.3 Å². The molecular weight excluding hydrogens is 301 g/mol. The van der Waals surface area contributed by atoms with Crippen LogP contribution in [0, 0.1) is 11.9 Å². The van der Waals surface area contributed by atoms with Crippen molar-refractivity contribution < 1.29 is 4.39 Å². The minimum absolute atomic E-state index is 0.0705. The van der Waals surface area contributed by atoms with Gasteiger partial charge in [0.05, 0.1) is 5.69 Å². The highest BCUT2D eigenvalue weighted by molar-refractivity contribution is 5.75. The Hall–Kier alpha value is -2.72. The molecule has 1 atom stereocenters. The van der Waals surface area contributed by atoms with Gasteiger partial charge in [0.15, 0.2) is 0 Å². The zero-order valence-electron chi connectivity index (χ0n) is 13.2. The van der Waals surface area contributed by atoms with E-state index in [9.17, 15) is 4.39 Å². The fourth-order valence-electron chi connectivity index (χ4n) is 2.59. The lowest BCUT2D eigenvalue weighted by Crippen LogP contribution is -2.31. The van der Waals surface area contributed by atoms with Gasteiger partial charge >= 0.3 is 0 Å². The van der Waals surface area contributed by atoms with E-state index in [2.05, 4.69) is 28.5 Å². The molecule has 1 heterocycles. The van der Waals surface area contributed by atoms with Gasteiger partial charge in [-0.15, -0.1) is 0 Å². The topological polar surface area (TPSA) is 50.9 Å². The van der Waals surface area contributed by atoms with Crippen LogP contribution in [0.3, 0.4) is 0 Å². The second-order valence-electron chi connectivity index (χ2n) is 5.66. The summed E-state index contributed by atoms with van der Waals surface area (Å²) in [6.07, 6.45) is 2.43. The smallest absolute Gasteiger partial charge is 0.125 e. The van der Waals surface area contributed by atoms with Crippen LogP contribution in [-0.2, 0) is 6.42 Å². The van der Waals surface area contributed by atoms with Crippen LogP contribution in [0.25, 0.3) is 11.3 Å². The summed E-state index contributed by atoms with van der Waals surface area (Å²) in [6, 6.07) is 21.1. The quantitative estimate of drug-likeness (QED) is 0.728. The zero-order valence-corrected chi connectivity index (χ0v) is 13.2. The maximum Gasteiger partial charge on any atom is 0.125 e. The first-order valence-corrected chi connectivity index (χ1v) is 7.88. The first-order chi connectivity index (χ1) is 11.7. The number of anilines is 1. The van der Waals surface area contributed by atoms with Gasteiger partial charge in [0.1, 0.15) is 5.82 Å². The fraction of sp³-hybridized carbons (Fsp3) is 0.150. The predicted molar refractivity (Wildman–Crippen MR) is 95.1 cm³/mol. The van der Waals surface area contributed by atoms with Crippen LogP contribution in [0.4, 0.5) is 10.1 Å². The molecule has 1 aromatic heterocycles. The highest BCUT2D eigenvalue weighted by Crippen LogP contribution is 2.27. The van der Waals surface area contributed by atoms with Gasteiger partial charge in [0.25, 0.3) is 0 Å². The van der Waals surface area contributed by atoms with Crippen LogP contribution in [0.1, 0.15) is 5.56 Å². The van der Waals surface area contributed by atoms with Gasteiger partial charge in [-0.05, 0) is 48.4 Å². The highest BCUT2D eigenvalue weighted by Gasteiger charge is 2.10. The molecular formula is C20H19FN3. The van der Waals surface area contributed by atoms with Crippen LogP contribution < -0.4 is 11.1 Å². The lowest BCUT2D eigenvalue weighted by Gasteiger charge is -2.16. The van der Waals surface area contributed by atoms with Gasteiger partial charge in [-0.25, -0.2) is 4.39 Å². The first kappa shape index (κ1) is 16.1. The first-order valence-electron chi connectivity index (χ1n) is 7.88. The number of hydrogen-bond acceptors (Lipinski definition) is 3. The summed E-state index contributed by atoms with van der Waals surface area (Å²) in [5.74, 6) is -0.294. The van der Waals surface area contributed by atoms with Crippen molar-refractivity contribution in [2.75, 3.05) is 11.9 Å². The molecule has 24 heavy (non-hydrogen) atoms. The number of rotatable bonds is 6. The SMILES string of the molecule is N[C@H](CNc1cc(F)ccc1-c1c[c]ccn1)Cc1ccccc1. The Morgan fingerprint density at radius 3 is 2.75 bits per heavy atom. The lowest BCUT2D eigenvalue weighted by molar-refractivity contribution is 0.627. The standard InChI is InChI=1S/C20H19FN3/c21-16-9-10-18(19-8-4-5-11-23-19)20(13-16)24-14-17(22)12-15-6-2-1-3-7-15/h1-3,5-11,13,17,24H,12,14,22H2/t17-/m0/s1. The molecule has 3 nitrogen and oxygen atoms in total. The maximum atomic E-state index is 13.6. The molecule has 121 valence electrons. The number of nitrogens with zero attached hydrogens (tertiary/aromatic N) is 1. The molecule has 0 aliphatic carbocycles. The molecule has 0 spiro atoms. The lowest BCUT2D eigenvalue weighted by atomic mass is 10.1.